The van der Waals surface area contributed by atoms with Gasteiger partial charge in [-0.3, -0.25) is 14.6 Å². The van der Waals surface area contributed by atoms with Gasteiger partial charge >= 0.3 is 0 Å². The molecular formula is C22H20ClFN4O4. The van der Waals surface area contributed by atoms with Crippen LogP contribution in [0.5, 0.6) is 11.5 Å². The number of fused-ring (bicyclic) bond motifs is 1. The van der Waals surface area contributed by atoms with Crippen molar-refractivity contribution in [3.8, 4) is 11.5 Å². The second kappa shape index (κ2) is 8.88. The maximum absolute atomic E-state index is 13.4. The Morgan fingerprint density at radius 2 is 1.94 bits per heavy atom. The van der Waals surface area contributed by atoms with Crippen LogP contribution in [0.4, 0.5) is 4.39 Å². The monoisotopic (exact) mass is 458 g/mol. The van der Waals surface area contributed by atoms with Gasteiger partial charge in [-0.15, -0.1) is 0 Å². The predicted molar refractivity (Wildman–Crippen MR) is 116 cm³/mol. The van der Waals surface area contributed by atoms with Gasteiger partial charge in [-0.1, -0.05) is 11.6 Å². The summed E-state index contributed by atoms with van der Waals surface area (Å²) in [4.78, 5) is 31.5. The zero-order chi connectivity index (χ0) is 22.7. The van der Waals surface area contributed by atoms with Crippen LogP contribution in [0, 0.1) is 5.82 Å². The Kier molecular flexibility index (Phi) is 6.00. The summed E-state index contributed by atoms with van der Waals surface area (Å²) < 4.78 is 24.2. The van der Waals surface area contributed by atoms with Crippen LogP contribution in [0.3, 0.4) is 0 Å². The van der Waals surface area contributed by atoms with Crippen LogP contribution in [0.25, 0.3) is 11.0 Å². The maximum Gasteiger partial charge on any atom is 0.262 e. The fourth-order valence-corrected chi connectivity index (χ4v) is 3.46. The van der Waals surface area contributed by atoms with Gasteiger partial charge in [0, 0.05) is 30.4 Å². The lowest BCUT2D eigenvalue weighted by Crippen LogP contribution is -2.53. The third-order valence-electron chi connectivity index (χ3n) is 4.78. The van der Waals surface area contributed by atoms with E-state index in [0.717, 1.165) is 17.1 Å². The van der Waals surface area contributed by atoms with Crippen molar-refractivity contribution in [2.24, 2.45) is 0 Å². The minimum Gasteiger partial charge on any atom is -0.484 e. The average molecular weight is 459 g/mol. The average Bonchev–Trinajstić information content (AvgIpc) is 3.20. The van der Waals surface area contributed by atoms with Crippen LogP contribution in [0.1, 0.15) is 13.3 Å². The predicted octanol–water partition coefficient (Wildman–Crippen LogP) is 3.09. The number of nitrogens with one attached hydrogen (secondary N) is 3. The molecule has 0 saturated carbocycles. The Balaban J connectivity index is 1.21. The van der Waals surface area contributed by atoms with E-state index in [0.29, 0.717) is 17.9 Å². The maximum atomic E-state index is 13.4. The Hall–Kier alpha value is -3.59. The molecule has 0 bridgehead atoms. The van der Waals surface area contributed by atoms with Gasteiger partial charge in [-0.05, 0) is 31.2 Å². The van der Waals surface area contributed by atoms with Crippen LogP contribution in [-0.4, -0.2) is 40.5 Å². The number of halogens is 2. The summed E-state index contributed by atoms with van der Waals surface area (Å²) in [5.74, 6) is -0.627. The molecule has 10 heteroatoms. The molecule has 0 fully saturated rings. The molecule has 1 unspecified atom stereocenters. The van der Waals surface area contributed by atoms with Crippen LogP contribution in [-0.2, 0) is 9.59 Å². The highest BCUT2D eigenvalue weighted by molar-refractivity contribution is 6.30. The molecule has 1 aliphatic carbocycles. The topological polar surface area (TPSA) is 105 Å². The van der Waals surface area contributed by atoms with Gasteiger partial charge in [0.25, 0.3) is 11.8 Å². The number of benzene rings is 1. The molecular weight excluding hydrogens is 439 g/mol. The number of pyridine rings is 1. The molecule has 1 aliphatic rings. The van der Waals surface area contributed by atoms with Gasteiger partial charge in [0.2, 0.25) is 0 Å². The number of rotatable bonds is 8. The van der Waals surface area contributed by atoms with E-state index in [1.165, 1.54) is 12.1 Å². The fraction of sp³-hybridized carbons (Fsp3) is 0.227. The fourth-order valence-electron chi connectivity index (χ4n) is 3.34. The molecule has 2 aromatic heterocycles. The number of H-pyrrole nitrogens is 1. The van der Waals surface area contributed by atoms with E-state index in [-0.39, 0.29) is 29.9 Å². The molecule has 4 rings (SSSR count). The summed E-state index contributed by atoms with van der Waals surface area (Å²) in [7, 11) is 0. The molecule has 3 aromatic rings. The molecule has 0 spiro atoms. The number of carbonyl (C=O) groups is 2. The Labute approximate surface area is 187 Å². The first-order valence-electron chi connectivity index (χ1n) is 9.76. The Morgan fingerprint density at radius 1 is 1.19 bits per heavy atom. The van der Waals surface area contributed by atoms with Crippen molar-refractivity contribution in [1.29, 1.82) is 0 Å². The number of hydrogen-bond acceptors (Lipinski definition) is 5. The standard InChI is InChI=1S/C22H20ClFN4O4/c1-22(28-21(30)12-32-15-7-19-18(26-10-15)4-5-25-19)8-13(9-22)27-20(29)11-31-14-2-3-16(23)17(24)6-14/h2-8,10,25H,9,11-12H2,1H3,(H,27,29)(H,28,30). The van der Waals surface area contributed by atoms with Crippen LogP contribution >= 0.6 is 11.6 Å². The first kappa shape index (κ1) is 21.6. The van der Waals surface area contributed by atoms with Gasteiger partial charge in [-0.25, -0.2) is 4.39 Å². The van der Waals surface area contributed by atoms with E-state index in [1.807, 2.05) is 13.0 Å². The number of amides is 2. The van der Waals surface area contributed by atoms with Crippen LogP contribution < -0.4 is 20.1 Å². The van der Waals surface area contributed by atoms with E-state index in [9.17, 15) is 14.0 Å². The van der Waals surface area contributed by atoms with Gasteiger partial charge < -0.3 is 25.1 Å². The third-order valence-corrected chi connectivity index (χ3v) is 5.09. The molecule has 1 aromatic carbocycles. The molecule has 0 radical (unpaired) electrons. The number of carbonyl (C=O) groups excluding carboxylic acids is 2. The molecule has 166 valence electrons. The van der Waals surface area contributed by atoms with Crippen molar-refractivity contribution >= 4 is 34.4 Å². The summed E-state index contributed by atoms with van der Waals surface area (Å²) in [6.07, 6.45) is 5.52. The Morgan fingerprint density at radius 3 is 2.72 bits per heavy atom. The highest BCUT2D eigenvalue weighted by Gasteiger charge is 2.34. The van der Waals surface area contributed by atoms with Crippen molar-refractivity contribution < 1.29 is 23.5 Å². The van der Waals surface area contributed by atoms with Crippen molar-refractivity contribution in [2.45, 2.75) is 18.9 Å². The summed E-state index contributed by atoms with van der Waals surface area (Å²) >= 11 is 5.61. The largest absolute Gasteiger partial charge is 0.484 e. The molecule has 2 heterocycles. The van der Waals surface area contributed by atoms with Gasteiger partial charge in [0.15, 0.2) is 13.2 Å². The van der Waals surface area contributed by atoms with E-state index in [2.05, 4.69) is 20.6 Å². The molecule has 1 atom stereocenters. The number of aromatic amines is 1. The minimum absolute atomic E-state index is 0.0218. The van der Waals surface area contributed by atoms with Crippen molar-refractivity contribution in [3.63, 3.8) is 0 Å². The van der Waals surface area contributed by atoms with E-state index in [1.54, 1.807) is 24.5 Å². The molecule has 3 N–H and O–H groups in total. The lowest BCUT2D eigenvalue weighted by molar-refractivity contribution is -0.124. The first-order valence-corrected chi connectivity index (χ1v) is 10.1. The second-order valence-electron chi connectivity index (χ2n) is 7.59. The smallest absolute Gasteiger partial charge is 0.262 e. The summed E-state index contributed by atoms with van der Waals surface area (Å²) in [6, 6.07) is 7.55. The van der Waals surface area contributed by atoms with Crippen LogP contribution in [0.2, 0.25) is 5.02 Å². The minimum atomic E-state index is -0.622. The number of hydrogen-bond donors (Lipinski definition) is 3. The van der Waals surface area contributed by atoms with Gasteiger partial charge in [-0.2, -0.15) is 0 Å². The molecule has 2 amide bonds. The van der Waals surface area contributed by atoms with Gasteiger partial charge in [0.05, 0.1) is 27.8 Å². The lowest BCUT2D eigenvalue weighted by atomic mass is 9.84. The second-order valence-corrected chi connectivity index (χ2v) is 8.00. The molecule has 0 aliphatic heterocycles. The molecule has 0 saturated heterocycles. The van der Waals surface area contributed by atoms with Crippen molar-refractivity contribution in [1.82, 2.24) is 20.6 Å². The van der Waals surface area contributed by atoms with E-state index >= 15 is 0 Å². The highest BCUT2D eigenvalue weighted by Crippen LogP contribution is 2.28. The van der Waals surface area contributed by atoms with Crippen LogP contribution in [0.15, 0.2) is 54.5 Å². The third kappa shape index (κ3) is 5.17. The summed E-state index contributed by atoms with van der Waals surface area (Å²) in [5.41, 5.74) is 1.70. The lowest BCUT2D eigenvalue weighted by Gasteiger charge is -2.37. The summed E-state index contributed by atoms with van der Waals surface area (Å²) in [6.45, 7) is 1.39. The number of ether oxygens (including phenoxy) is 2. The highest BCUT2D eigenvalue weighted by atomic mass is 35.5. The zero-order valence-corrected chi connectivity index (χ0v) is 17.8. The number of nitrogens with zero attached hydrogens (tertiary/aromatic N) is 1. The molecule has 8 nitrogen and oxygen atoms in total. The van der Waals surface area contributed by atoms with Crippen molar-refractivity contribution in [3.05, 3.63) is 65.3 Å². The summed E-state index contributed by atoms with van der Waals surface area (Å²) in [5, 5.41) is 5.54. The number of aromatic nitrogens is 2. The van der Waals surface area contributed by atoms with Gasteiger partial charge in [0.1, 0.15) is 17.3 Å². The first-order chi connectivity index (χ1) is 15.3. The van der Waals surface area contributed by atoms with E-state index in [4.69, 9.17) is 21.1 Å². The van der Waals surface area contributed by atoms with E-state index < -0.39 is 17.3 Å². The quantitative estimate of drug-likeness (QED) is 0.481. The SMILES string of the molecule is CC1(NC(=O)COc2cnc3cc[nH]c3c2)C=C(NC(=O)COc2ccc(Cl)c(F)c2)C1. The Bertz CT molecular complexity index is 1210. The zero-order valence-electron chi connectivity index (χ0n) is 17.1. The van der Waals surface area contributed by atoms with Crippen molar-refractivity contribution in [2.75, 3.05) is 13.2 Å². The normalized spacial score (nSPS) is 17.3. The molecule has 32 heavy (non-hydrogen) atoms.